The lowest BCUT2D eigenvalue weighted by atomic mass is 9.79. The second-order valence-corrected chi connectivity index (χ2v) is 4.23. The summed E-state index contributed by atoms with van der Waals surface area (Å²) in [6.45, 7) is 12.2. The van der Waals surface area contributed by atoms with Crippen molar-refractivity contribution in [3.8, 4) is 0 Å². The summed E-state index contributed by atoms with van der Waals surface area (Å²) in [6, 6.07) is 0. The van der Waals surface area contributed by atoms with Gasteiger partial charge in [0, 0.05) is 0 Å². The first-order valence-electron chi connectivity index (χ1n) is 5.84. The molecule has 0 saturated carbocycles. The maximum atomic E-state index is 11.8. The zero-order chi connectivity index (χ0) is 11.9. The van der Waals surface area contributed by atoms with Gasteiger partial charge in [0.2, 0.25) is 0 Å². The van der Waals surface area contributed by atoms with E-state index in [0.717, 1.165) is 19.3 Å². The molecule has 0 bridgehead atoms. The van der Waals surface area contributed by atoms with Crippen LogP contribution in [0.15, 0.2) is 12.7 Å². The van der Waals surface area contributed by atoms with Crippen molar-refractivity contribution >= 4 is 5.97 Å². The third kappa shape index (κ3) is 4.06. The van der Waals surface area contributed by atoms with Gasteiger partial charge in [-0.3, -0.25) is 4.79 Å². The van der Waals surface area contributed by atoms with Crippen LogP contribution in [0.4, 0.5) is 0 Å². The van der Waals surface area contributed by atoms with Crippen LogP contribution in [0, 0.1) is 11.3 Å². The predicted molar refractivity (Wildman–Crippen MR) is 63.6 cm³/mol. The molecule has 0 aromatic carbocycles. The normalized spacial score (nSPS) is 14.7. The zero-order valence-corrected chi connectivity index (χ0v) is 10.5. The molecule has 0 aliphatic heterocycles. The number of carbonyl (C=O) groups is 1. The van der Waals surface area contributed by atoms with Gasteiger partial charge in [-0.1, -0.05) is 32.8 Å². The maximum absolute atomic E-state index is 11.8. The minimum atomic E-state index is -0.521. The fourth-order valence-electron chi connectivity index (χ4n) is 1.72. The molecule has 1 atom stereocenters. The Morgan fingerprint density at radius 1 is 1.40 bits per heavy atom. The van der Waals surface area contributed by atoms with E-state index in [0.29, 0.717) is 12.5 Å². The van der Waals surface area contributed by atoms with Gasteiger partial charge in [-0.15, -0.1) is 6.58 Å². The topological polar surface area (TPSA) is 26.3 Å². The van der Waals surface area contributed by atoms with Gasteiger partial charge in [-0.05, 0) is 26.2 Å². The Bertz CT molecular complexity index is 207. The molecule has 0 aliphatic rings. The highest BCUT2D eigenvalue weighted by Crippen LogP contribution is 2.31. The van der Waals surface area contributed by atoms with Crippen LogP contribution < -0.4 is 0 Å². The minimum Gasteiger partial charge on any atom is -0.465 e. The molecule has 88 valence electrons. The summed E-state index contributed by atoms with van der Waals surface area (Å²) in [7, 11) is 0. The number of hydrogen-bond acceptors (Lipinski definition) is 2. The van der Waals surface area contributed by atoms with Crippen molar-refractivity contribution in [3.05, 3.63) is 12.7 Å². The van der Waals surface area contributed by atoms with E-state index in [9.17, 15) is 4.79 Å². The van der Waals surface area contributed by atoms with E-state index in [1.165, 1.54) is 0 Å². The molecule has 15 heavy (non-hydrogen) atoms. The van der Waals surface area contributed by atoms with Crippen molar-refractivity contribution in [3.63, 3.8) is 0 Å². The zero-order valence-electron chi connectivity index (χ0n) is 10.5. The average molecular weight is 212 g/mol. The minimum absolute atomic E-state index is 0.146. The predicted octanol–water partition coefficient (Wildman–Crippen LogP) is 3.57. The van der Waals surface area contributed by atoms with Crippen molar-refractivity contribution in [2.45, 2.75) is 47.0 Å². The van der Waals surface area contributed by atoms with Gasteiger partial charge < -0.3 is 4.74 Å². The monoisotopic (exact) mass is 212 g/mol. The second-order valence-electron chi connectivity index (χ2n) is 4.23. The van der Waals surface area contributed by atoms with Gasteiger partial charge in [0.1, 0.15) is 0 Å². The molecule has 0 spiro atoms. The number of rotatable bonds is 7. The van der Waals surface area contributed by atoms with Crippen molar-refractivity contribution < 1.29 is 9.53 Å². The van der Waals surface area contributed by atoms with Crippen molar-refractivity contribution in [1.29, 1.82) is 0 Å². The van der Waals surface area contributed by atoms with E-state index in [-0.39, 0.29) is 5.97 Å². The number of esters is 1. The van der Waals surface area contributed by atoms with Crippen molar-refractivity contribution in [2.24, 2.45) is 11.3 Å². The Labute approximate surface area is 93.7 Å². The fourth-order valence-corrected chi connectivity index (χ4v) is 1.72. The number of hydrogen-bond donors (Lipinski definition) is 0. The molecule has 2 heteroatoms. The number of carbonyl (C=O) groups excluding carboxylic acids is 1. The molecule has 0 radical (unpaired) electrons. The third-order valence-corrected chi connectivity index (χ3v) is 3.06. The summed E-state index contributed by atoms with van der Waals surface area (Å²) in [6.07, 6.45) is 4.75. The molecule has 0 amide bonds. The second kappa shape index (κ2) is 6.65. The van der Waals surface area contributed by atoms with Gasteiger partial charge in [0.25, 0.3) is 0 Å². The smallest absolute Gasteiger partial charge is 0.315 e. The SMILES string of the molecule is C=CC(C)(CC(CC)CC)C(=O)OCC. The van der Waals surface area contributed by atoms with Crippen LogP contribution in [-0.2, 0) is 9.53 Å². The van der Waals surface area contributed by atoms with E-state index in [4.69, 9.17) is 4.74 Å². The lowest BCUT2D eigenvalue weighted by Crippen LogP contribution is -2.30. The van der Waals surface area contributed by atoms with Crippen molar-refractivity contribution in [1.82, 2.24) is 0 Å². The molecule has 2 nitrogen and oxygen atoms in total. The average Bonchev–Trinajstić information content (AvgIpc) is 2.25. The first kappa shape index (κ1) is 14.2. The van der Waals surface area contributed by atoms with Crippen LogP contribution in [0.2, 0.25) is 0 Å². The Hall–Kier alpha value is -0.790. The fraction of sp³-hybridized carbons (Fsp3) is 0.769. The highest BCUT2D eigenvalue weighted by molar-refractivity contribution is 5.78. The first-order chi connectivity index (χ1) is 7.03. The van der Waals surface area contributed by atoms with Gasteiger partial charge in [0.05, 0.1) is 12.0 Å². The summed E-state index contributed by atoms with van der Waals surface area (Å²) < 4.78 is 5.08. The quantitative estimate of drug-likeness (QED) is 0.476. The van der Waals surface area contributed by atoms with Crippen LogP contribution in [-0.4, -0.2) is 12.6 Å². The molecule has 0 fully saturated rings. The lowest BCUT2D eigenvalue weighted by molar-refractivity contribution is -0.152. The summed E-state index contributed by atoms with van der Waals surface area (Å²) in [5, 5.41) is 0. The summed E-state index contributed by atoms with van der Waals surface area (Å²) in [4.78, 5) is 11.8. The van der Waals surface area contributed by atoms with Gasteiger partial charge in [0.15, 0.2) is 0 Å². The Morgan fingerprint density at radius 3 is 2.27 bits per heavy atom. The van der Waals surface area contributed by atoms with Crippen LogP contribution in [0.25, 0.3) is 0 Å². The van der Waals surface area contributed by atoms with E-state index in [2.05, 4.69) is 20.4 Å². The molecule has 0 rings (SSSR count). The molecule has 0 N–H and O–H groups in total. The first-order valence-corrected chi connectivity index (χ1v) is 5.84. The Morgan fingerprint density at radius 2 is 1.93 bits per heavy atom. The van der Waals surface area contributed by atoms with E-state index in [1.54, 1.807) is 6.08 Å². The summed E-state index contributed by atoms with van der Waals surface area (Å²) in [5.41, 5.74) is -0.521. The third-order valence-electron chi connectivity index (χ3n) is 3.06. The Balaban J connectivity index is 4.54. The molecule has 0 saturated heterocycles. The highest BCUT2D eigenvalue weighted by atomic mass is 16.5. The maximum Gasteiger partial charge on any atom is 0.315 e. The largest absolute Gasteiger partial charge is 0.465 e. The van der Waals surface area contributed by atoms with E-state index < -0.39 is 5.41 Å². The molecule has 1 unspecified atom stereocenters. The van der Waals surface area contributed by atoms with Gasteiger partial charge in [-0.2, -0.15) is 0 Å². The Kier molecular flexibility index (Phi) is 6.30. The van der Waals surface area contributed by atoms with Crippen LogP contribution in [0.3, 0.4) is 0 Å². The molecular formula is C13H24O2. The van der Waals surface area contributed by atoms with Crippen LogP contribution in [0.1, 0.15) is 47.0 Å². The van der Waals surface area contributed by atoms with Gasteiger partial charge >= 0.3 is 5.97 Å². The molecular weight excluding hydrogens is 188 g/mol. The van der Waals surface area contributed by atoms with Gasteiger partial charge in [-0.25, -0.2) is 0 Å². The summed E-state index contributed by atoms with van der Waals surface area (Å²) in [5.74, 6) is 0.421. The van der Waals surface area contributed by atoms with Crippen molar-refractivity contribution in [2.75, 3.05) is 6.61 Å². The van der Waals surface area contributed by atoms with E-state index in [1.807, 2.05) is 13.8 Å². The molecule has 0 heterocycles. The molecule has 0 aliphatic carbocycles. The van der Waals surface area contributed by atoms with E-state index >= 15 is 0 Å². The standard InChI is InChI=1S/C13H24O2/c1-6-11(7-2)10-13(5,8-3)12(14)15-9-4/h8,11H,3,6-7,9-10H2,1-2,4-5H3. The van der Waals surface area contributed by atoms with Crippen LogP contribution >= 0.6 is 0 Å². The van der Waals surface area contributed by atoms with Crippen LogP contribution in [0.5, 0.6) is 0 Å². The highest BCUT2D eigenvalue weighted by Gasteiger charge is 2.33. The lowest BCUT2D eigenvalue weighted by Gasteiger charge is -2.27. The number of ether oxygens (including phenoxy) is 1. The molecule has 0 aromatic heterocycles. The summed E-state index contributed by atoms with van der Waals surface area (Å²) >= 11 is 0. The molecule has 0 aromatic rings.